The molecule has 1 aromatic rings. The Morgan fingerprint density at radius 1 is 1.23 bits per heavy atom. The van der Waals surface area contributed by atoms with E-state index in [4.69, 9.17) is 4.74 Å². The highest BCUT2D eigenvalue weighted by atomic mass is 32.2. The number of amides is 2. The molecule has 170 valence electrons. The largest absolute Gasteiger partial charge is 0.480 e. The first-order chi connectivity index (χ1) is 14.7. The summed E-state index contributed by atoms with van der Waals surface area (Å²) in [7, 11) is -0.0840. The summed E-state index contributed by atoms with van der Waals surface area (Å²) < 4.78 is 5.24. The molecule has 3 atom stereocenters. The molecule has 1 heterocycles. The molecule has 3 N–H and O–H groups in total. The molecule has 1 aromatic carbocycles. The highest BCUT2D eigenvalue weighted by Crippen LogP contribution is 2.20. The number of ketones is 1. The van der Waals surface area contributed by atoms with Gasteiger partial charge in [-0.3, -0.25) is 14.5 Å². The Morgan fingerprint density at radius 3 is 2.52 bits per heavy atom. The van der Waals surface area contributed by atoms with Gasteiger partial charge in [0.15, 0.2) is 11.5 Å². The highest BCUT2D eigenvalue weighted by molar-refractivity contribution is 7.96. The molecule has 0 bridgehead atoms. The standard InChI is InChI=1S/C21H28N2O7S/c1-31(2)13-15(24)8-9-17(20(27)28)22-19(26)18-10-16(25)11-23(18)21(29)30-12-14-6-4-3-5-7-14/h3-7,16-18,25H,8-13H2,1-2H3,(H-,22,26,27,28)/p+1/t16-,17+,18+/m1/s1. The van der Waals surface area contributed by atoms with Crippen LogP contribution < -0.4 is 5.32 Å². The Bertz CT molecular complexity index is 787. The molecule has 0 spiro atoms. The monoisotopic (exact) mass is 453 g/mol. The number of benzene rings is 1. The fourth-order valence-electron chi connectivity index (χ4n) is 3.29. The van der Waals surface area contributed by atoms with E-state index in [-0.39, 0.29) is 49.1 Å². The smallest absolute Gasteiger partial charge is 0.410 e. The van der Waals surface area contributed by atoms with Crippen LogP contribution in [0.1, 0.15) is 24.8 Å². The fraction of sp³-hybridized carbons (Fsp3) is 0.524. The molecule has 10 heteroatoms. The van der Waals surface area contributed by atoms with E-state index >= 15 is 0 Å². The Hall–Kier alpha value is -2.59. The molecule has 0 aliphatic carbocycles. The predicted molar refractivity (Wildman–Crippen MR) is 116 cm³/mol. The molecule has 31 heavy (non-hydrogen) atoms. The van der Waals surface area contributed by atoms with Crippen LogP contribution in [0, 0.1) is 0 Å². The number of β-amino-alcohol motifs (C(OH)–C–C–N with tert-alkyl or cyclic N) is 1. The number of Topliss-reactive ketones (excluding diaryl/α,β-unsaturated/α-hetero) is 1. The van der Waals surface area contributed by atoms with Gasteiger partial charge in [0.1, 0.15) is 18.7 Å². The van der Waals surface area contributed by atoms with Crippen LogP contribution in [0.25, 0.3) is 0 Å². The second-order valence-corrected chi connectivity index (χ2v) is 9.96. The second-order valence-electron chi connectivity index (χ2n) is 7.70. The quantitative estimate of drug-likeness (QED) is 0.441. The molecule has 9 nitrogen and oxygen atoms in total. The summed E-state index contributed by atoms with van der Waals surface area (Å²) in [4.78, 5) is 49.7. The molecule has 2 amide bonds. The third-order valence-electron chi connectivity index (χ3n) is 4.80. The summed E-state index contributed by atoms with van der Waals surface area (Å²) in [5.41, 5.74) is 0.772. The molecule has 0 saturated carbocycles. The van der Waals surface area contributed by atoms with Crippen LogP contribution >= 0.6 is 0 Å². The van der Waals surface area contributed by atoms with Gasteiger partial charge in [-0.05, 0) is 22.9 Å². The Labute approximate surface area is 184 Å². The number of hydrogen-bond donors (Lipinski definition) is 3. The summed E-state index contributed by atoms with van der Waals surface area (Å²) in [6, 6.07) is 6.70. The Kier molecular flexibility index (Phi) is 9.32. The van der Waals surface area contributed by atoms with Crippen molar-refractivity contribution in [3.63, 3.8) is 0 Å². The first kappa shape index (κ1) is 24.7. The highest BCUT2D eigenvalue weighted by Gasteiger charge is 2.41. The van der Waals surface area contributed by atoms with E-state index < -0.39 is 36.2 Å². The van der Waals surface area contributed by atoms with Crippen molar-refractivity contribution in [3.05, 3.63) is 35.9 Å². The van der Waals surface area contributed by atoms with E-state index in [0.29, 0.717) is 5.75 Å². The van der Waals surface area contributed by atoms with E-state index in [1.54, 1.807) is 24.3 Å². The number of hydrogen-bond acceptors (Lipinski definition) is 6. The van der Waals surface area contributed by atoms with Crippen molar-refractivity contribution in [1.29, 1.82) is 0 Å². The summed E-state index contributed by atoms with van der Waals surface area (Å²) in [5, 5.41) is 21.8. The van der Waals surface area contributed by atoms with Gasteiger partial charge in [0.25, 0.3) is 0 Å². The fourth-order valence-corrected chi connectivity index (χ4v) is 4.08. The summed E-state index contributed by atoms with van der Waals surface area (Å²) >= 11 is 0. The van der Waals surface area contributed by atoms with Gasteiger partial charge in [0.05, 0.1) is 25.2 Å². The van der Waals surface area contributed by atoms with Crippen LogP contribution in [0.4, 0.5) is 4.79 Å². The number of carbonyl (C=O) groups excluding carboxylic acids is 3. The number of carboxylic acids is 1. The van der Waals surface area contributed by atoms with Crippen LogP contribution in [0.2, 0.25) is 0 Å². The number of carbonyl (C=O) groups is 4. The minimum atomic E-state index is -1.26. The predicted octanol–water partition coefficient (Wildman–Crippen LogP) is 0.555. The third-order valence-corrected chi connectivity index (χ3v) is 5.70. The first-order valence-corrected chi connectivity index (χ1v) is 12.1. The molecule has 1 aliphatic rings. The summed E-state index contributed by atoms with van der Waals surface area (Å²) in [6.07, 6.45) is 2.14. The van der Waals surface area contributed by atoms with Crippen LogP contribution in [0.3, 0.4) is 0 Å². The van der Waals surface area contributed by atoms with Crippen molar-refractivity contribution in [3.8, 4) is 0 Å². The minimum Gasteiger partial charge on any atom is -0.480 e. The van der Waals surface area contributed by atoms with E-state index in [9.17, 15) is 29.4 Å². The second kappa shape index (κ2) is 11.7. The topological polar surface area (TPSA) is 133 Å². The normalized spacial score (nSPS) is 19.2. The van der Waals surface area contributed by atoms with Crippen LogP contribution in [0.5, 0.6) is 0 Å². The maximum Gasteiger partial charge on any atom is 0.410 e. The average molecular weight is 454 g/mol. The molecule has 1 aliphatic heterocycles. The van der Waals surface area contributed by atoms with Crippen molar-refractivity contribution in [1.82, 2.24) is 10.2 Å². The lowest BCUT2D eigenvalue weighted by Crippen LogP contribution is -2.51. The van der Waals surface area contributed by atoms with Crippen molar-refractivity contribution in [2.45, 2.75) is 44.1 Å². The minimum absolute atomic E-state index is 0.0109. The summed E-state index contributed by atoms with van der Waals surface area (Å²) in [6.45, 7) is -0.0752. The maximum absolute atomic E-state index is 12.7. The number of ether oxygens (including phenoxy) is 1. The van der Waals surface area contributed by atoms with Gasteiger partial charge in [-0.15, -0.1) is 0 Å². The lowest BCUT2D eigenvalue weighted by atomic mass is 10.1. The zero-order valence-corrected chi connectivity index (χ0v) is 18.5. The molecule has 1 saturated heterocycles. The van der Waals surface area contributed by atoms with Gasteiger partial charge >= 0.3 is 12.1 Å². The van der Waals surface area contributed by atoms with E-state index in [0.717, 1.165) is 10.5 Å². The molecule has 2 rings (SSSR count). The number of nitrogens with zero attached hydrogens (tertiary/aromatic N) is 1. The molecular formula is C21H29N2O7S+. The maximum atomic E-state index is 12.7. The Morgan fingerprint density at radius 2 is 1.90 bits per heavy atom. The number of nitrogens with one attached hydrogen (secondary N) is 1. The SMILES string of the molecule is C[S+](C)CC(=O)CC[C@H](NC(=O)[C@@H]1C[C@@H](O)CN1C(=O)OCc1ccccc1)C(=O)O. The number of likely N-dealkylation sites (tertiary alicyclic amines) is 1. The van der Waals surface area contributed by atoms with Gasteiger partial charge in [-0.1, -0.05) is 30.3 Å². The van der Waals surface area contributed by atoms with Gasteiger partial charge in [-0.25, -0.2) is 9.59 Å². The molecule has 0 aromatic heterocycles. The molecule has 1 fully saturated rings. The molecular weight excluding hydrogens is 424 g/mol. The van der Waals surface area contributed by atoms with Crippen LogP contribution in [0.15, 0.2) is 30.3 Å². The number of rotatable bonds is 10. The average Bonchev–Trinajstić information content (AvgIpc) is 3.11. The van der Waals surface area contributed by atoms with Gasteiger partial charge in [-0.2, -0.15) is 0 Å². The van der Waals surface area contributed by atoms with Gasteiger partial charge in [0.2, 0.25) is 5.91 Å². The first-order valence-electron chi connectivity index (χ1n) is 9.91. The lowest BCUT2D eigenvalue weighted by molar-refractivity contribution is -0.142. The van der Waals surface area contributed by atoms with Gasteiger partial charge in [0, 0.05) is 12.8 Å². The third kappa shape index (κ3) is 7.87. The lowest BCUT2D eigenvalue weighted by Gasteiger charge is -2.24. The van der Waals surface area contributed by atoms with Crippen LogP contribution in [-0.2, 0) is 36.6 Å². The molecule has 0 radical (unpaired) electrons. The van der Waals surface area contributed by atoms with E-state index in [1.165, 1.54) is 0 Å². The van der Waals surface area contributed by atoms with Crippen molar-refractivity contribution in [2.75, 3.05) is 24.8 Å². The number of aliphatic carboxylic acids is 1. The Balaban J connectivity index is 1.95. The summed E-state index contributed by atoms with van der Waals surface area (Å²) in [5.74, 6) is -1.64. The van der Waals surface area contributed by atoms with E-state index in [2.05, 4.69) is 5.32 Å². The van der Waals surface area contributed by atoms with Gasteiger partial charge < -0.3 is 20.3 Å². The van der Waals surface area contributed by atoms with Crippen molar-refractivity contribution >= 4 is 34.6 Å². The number of aliphatic hydroxyl groups excluding tert-OH is 1. The van der Waals surface area contributed by atoms with Crippen molar-refractivity contribution < 1.29 is 34.1 Å². The zero-order valence-electron chi connectivity index (χ0n) is 17.7. The van der Waals surface area contributed by atoms with Crippen LogP contribution in [-0.4, -0.2) is 81.9 Å². The van der Waals surface area contributed by atoms with Crippen molar-refractivity contribution in [2.24, 2.45) is 0 Å². The molecule has 0 unspecified atom stereocenters. The number of aliphatic hydroxyl groups is 1. The zero-order chi connectivity index (χ0) is 23.0. The number of carboxylic acid groups (broad SMARTS) is 1. The van der Waals surface area contributed by atoms with E-state index in [1.807, 2.05) is 18.6 Å².